The number of aryl methyl sites for hydroxylation is 1. The van der Waals surface area contributed by atoms with Crippen LogP contribution in [0.4, 0.5) is 0 Å². The molecule has 0 saturated heterocycles. The monoisotopic (exact) mass is 220 g/mol. The van der Waals surface area contributed by atoms with Gasteiger partial charge in [0.05, 0.1) is 0 Å². The lowest BCUT2D eigenvalue weighted by Gasteiger charge is -2.05. The molecule has 0 spiro atoms. The van der Waals surface area contributed by atoms with Gasteiger partial charge in [0.2, 0.25) is 0 Å². The molecule has 3 nitrogen and oxygen atoms in total. The molecule has 0 unspecified atom stereocenters. The first-order valence-corrected chi connectivity index (χ1v) is 4.86. The summed E-state index contributed by atoms with van der Waals surface area (Å²) in [7, 11) is 0. The van der Waals surface area contributed by atoms with Crippen LogP contribution in [0.5, 0.6) is 0 Å². The highest BCUT2D eigenvalue weighted by Gasteiger charge is 2.05. The van der Waals surface area contributed by atoms with Crippen molar-refractivity contribution in [1.82, 2.24) is 9.97 Å². The average molecular weight is 221 g/mol. The third-order valence-corrected chi connectivity index (χ3v) is 2.45. The van der Waals surface area contributed by atoms with Gasteiger partial charge in [0.15, 0.2) is 0 Å². The van der Waals surface area contributed by atoms with Gasteiger partial charge in [0, 0.05) is 29.2 Å². The molecule has 0 bridgehead atoms. The molecule has 0 aliphatic heterocycles. The van der Waals surface area contributed by atoms with E-state index in [4.69, 9.17) is 11.6 Å². The quantitative estimate of drug-likeness (QED) is 0.802. The molecular formula is C11H9ClN2O. The Morgan fingerprint density at radius 2 is 2.27 bits per heavy atom. The Labute approximate surface area is 91.8 Å². The Kier molecular flexibility index (Phi) is 2.56. The summed E-state index contributed by atoms with van der Waals surface area (Å²) in [6, 6.07) is 5.42. The number of nitrogens with zero attached hydrogens (tertiary/aromatic N) is 1. The first-order valence-electron chi connectivity index (χ1n) is 4.48. The summed E-state index contributed by atoms with van der Waals surface area (Å²) in [5.74, 6) is 0. The minimum absolute atomic E-state index is 0.194. The first-order chi connectivity index (χ1) is 7.18. The number of hydrogen-bond acceptors (Lipinski definition) is 2. The Bertz CT molecular complexity index is 534. The minimum atomic E-state index is -0.262. The molecule has 2 rings (SSSR count). The maximum absolute atomic E-state index is 11.2. The van der Waals surface area contributed by atoms with Gasteiger partial charge in [-0.2, -0.15) is 0 Å². The average Bonchev–Trinajstić information content (AvgIpc) is 2.25. The lowest BCUT2D eigenvalue weighted by atomic mass is 10.1. The highest BCUT2D eigenvalue weighted by Crippen LogP contribution is 2.21. The molecule has 2 aromatic rings. The number of H-pyrrole nitrogens is 1. The van der Waals surface area contributed by atoms with Crippen LogP contribution >= 0.6 is 11.6 Å². The molecule has 76 valence electrons. The molecule has 2 heterocycles. The van der Waals surface area contributed by atoms with Gasteiger partial charge in [0.25, 0.3) is 5.56 Å². The largest absolute Gasteiger partial charge is 0.325 e. The lowest BCUT2D eigenvalue weighted by molar-refractivity contribution is 1.14. The lowest BCUT2D eigenvalue weighted by Crippen LogP contribution is -2.08. The van der Waals surface area contributed by atoms with Gasteiger partial charge in [-0.3, -0.25) is 9.78 Å². The van der Waals surface area contributed by atoms with Crippen molar-refractivity contribution in [2.45, 2.75) is 6.92 Å². The maximum atomic E-state index is 11.2. The van der Waals surface area contributed by atoms with Gasteiger partial charge in [-0.25, -0.2) is 0 Å². The van der Waals surface area contributed by atoms with Crippen molar-refractivity contribution in [1.29, 1.82) is 0 Å². The number of aromatic nitrogens is 2. The molecule has 0 amide bonds. The van der Waals surface area contributed by atoms with E-state index >= 15 is 0 Å². The molecule has 0 atom stereocenters. The van der Waals surface area contributed by atoms with Crippen LogP contribution in [0, 0.1) is 6.92 Å². The van der Waals surface area contributed by atoms with Crippen molar-refractivity contribution in [3.8, 4) is 11.1 Å². The topological polar surface area (TPSA) is 45.8 Å². The van der Waals surface area contributed by atoms with Crippen molar-refractivity contribution in [3.05, 3.63) is 51.7 Å². The maximum Gasteiger partial charge on any atom is 0.266 e. The zero-order valence-corrected chi connectivity index (χ0v) is 8.88. The van der Waals surface area contributed by atoms with Gasteiger partial charge in [-0.05, 0) is 19.1 Å². The van der Waals surface area contributed by atoms with Crippen LogP contribution in [0.2, 0.25) is 5.02 Å². The Morgan fingerprint density at radius 3 is 2.93 bits per heavy atom. The summed E-state index contributed by atoms with van der Waals surface area (Å²) < 4.78 is 0. The van der Waals surface area contributed by atoms with E-state index in [1.165, 1.54) is 0 Å². The van der Waals surface area contributed by atoms with E-state index in [9.17, 15) is 4.79 Å². The van der Waals surface area contributed by atoms with Gasteiger partial charge in [0.1, 0.15) is 5.02 Å². The number of hydrogen-bond donors (Lipinski definition) is 1. The zero-order chi connectivity index (χ0) is 10.8. The van der Waals surface area contributed by atoms with Crippen molar-refractivity contribution in [2.75, 3.05) is 0 Å². The number of pyridine rings is 2. The third-order valence-electron chi connectivity index (χ3n) is 2.17. The molecule has 15 heavy (non-hydrogen) atoms. The van der Waals surface area contributed by atoms with Gasteiger partial charge in [-0.15, -0.1) is 0 Å². The summed E-state index contributed by atoms with van der Waals surface area (Å²) in [5.41, 5.74) is 2.36. The van der Waals surface area contributed by atoms with Gasteiger partial charge < -0.3 is 4.98 Å². The van der Waals surface area contributed by atoms with Crippen molar-refractivity contribution in [3.63, 3.8) is 0 Å². The first kappa shape index (κ1) is 9.93. The van der Waals surface area contributed by atoms with Crippen LogP contribution in [0.25, 0.3) is 11.1 Å². The fourth-order valence-electron chi connectivity index (χ4n) is 1.42. The second kappa shape index (κ2) is 3.87. The number of aromatic amines is 1. The molecule has 0 radical (unpaired) electrons. The summed E-state index contributed by atoms with van der Waals surface area (Å²) in [6.45, 7) is 1.83. The summed E-state index contributed by atoms with van der Waals surface area (Å²) in [6.07, 6.45) is 3.43. The number of halogens is 1. The second-order valence-corrected chi connectivity index (χ2v) is 3.63. The number of rotatable bonds is 1. The molecule has 0 fully saturated rings. The van der Waals surface area contributed by atoms with Crippen LogP contribution in [0.1, 0.15) is 5.69 Å². The smallest absolute Gasteiger partial charge is 0.266 e. The van der Waals surface area contributed by atoms with Crippen LogP contribution in [0.3, 0.4) is 0 Å². The van der Waals surface area contributed by atoms with E-state index < -0.39 is 0 Å². The highest BCUT2D eigenvalue weighted by molar-refractivity contribution is 6.30. The third kappa shape index (κ3) is 1.92. The SMILES string of the molecule is Cc1[nH]c(=O)c(Cl)cc1-c1cccnc1. The Morgan fingerprint density at radius 1 is 1.47 bits per heavy atom. The standard InChI is InChI=1S/C11H9ClN2O/c1-7-9(5-10(12)11(15)14-7)8-3-2-4-13-6-8/h2-6H,1H3,(H,14,15). The second-order valence-electron chi connectivity index (χ2n) is 3.23. The molecule has 1 N–H and O–H groups in total. The summed E-state index contributed by atoms with van der Waals surface area (Å²) >= 11 is 5.77. The molecule has 0 aromatic carbocycles. The van der Waals surface area contributed by atoms with E-state index in [2.05, 4.69) is 9.97 Å². The van der Waals surface area contributed by atoms with Crippen molar-refractivity contribution < 1.29 is 0 Å². The van der Waals surface area contributed by atoms with E-state index in [1.54, 1.807) is 18.5 Å². The zero-order valence-electron chi connectivity index (χ0n) is 8.12. The predicted molar refractivity (Wildman–Crippen MR) is 60.0 cm³/mol. The van der Waals surface area contributed by atoms with E-state index in [0.29, 0.717) is 0 Å². The molecular weight excluding hydrogens is 212 g/mol. The van der Waals surface area contributed by atoms with Crippen LogP contribution < -0.4 is 5.56 Å². The predicted octanol–water partition coefficient (Wildman–Crippen LogP) is 2.40. The highest BCUT2D eigenvalue weighted by atomic mass is 35.5. The van der Waals surface area contributed by atoms with Gasteiger partial charge in [-0.1, -0.05) is 17.7 Å². The summed E-state index contributed by atoms with van der Waals surface area (Å²) in [4.78, 5) is 17.9. The minimum Gasteiger partial charge on any atom is -0.325 e. The number of nitrogens with one attached hydrogen (secondary N) is 1. The van der Waals surface area contributed by atoms with Crippen LogP contribution in [0.15, 0.2) is 35.4 Å². The molecule has 0 saturated carbocycles. The van der Waals surface area contributed by atoms with Crippen molar-refractivity contribution >= 4 is 11.6 Å². The molecule has 2 aromatic heterocycles. The van der Waals surface area contributed by atoms with Crippen LogP contribution in [-0.2, 0) is 0 Å². The Balaban J connectivity index is 2.64. The fourth-order valence-corrected chi connectivity index (χ4v) is 1.58. The fraction of sp³-hybridized carbons (Fsp3) is 0.0909. The Hall–Kier alpha value is -1.61. The molecule has 0 aliphatic rings. The molecule has 0 aliphatic carbocycles. The van der Waals surface area contributed by atoms with Crippen molar-refractivity contribution in [2.24, 2.45) is 0 Å². The summed E-state index contributed by atoms with van der Waals surface area (Å²) in [5, 5.41) is 0.194. The molecule has 4 heteroatoms. The van der Waals surface area contributed by atoms with E-state index in [1.807, 2.05) is 19.1 Å². The van der Waals surface area contributed by atoms with E-state index in [-0.39, 0.29) is 10.6 Å². The normalized spacial score (nSPS) is 10.3. The van der Waals surface area contributed by atoms with E-state index in [0.717, 1.165) is 16.8 Å². The van der Waals surface area contributed by atoms with Gasteiger partial charge >= 0.3 is 0 Å². The van der Waals surface area contributed by atoms with Crippen LogP contribution in [-0.4, -0.2) is 9.97 Å².